The van der Waals surface area contributed by atoms with Crippen LogP contribution in [0.1, 0.15) is 32.3 Å². The van der Waals surface area contributed by atoms with Gasteiger partial charge >= 0.3 is 0 Å². The van der Waals surface area contributed by atoms with E-state index in [2.05, 4.69) is 5.32 Å². The summed E-state index contributed by atoms with van der Waals surface area (Å²) in [5.74, 6) is -1.92. The van der Waals surface area contributed by atoms with Crippen LogP contribution in [-0.4, -0.2) is 62.6 Å². The van der Waals surface area contributed by atoms with Crippen LogP contribution >= 0.6 is 0 Å². The number of unbranched alkanes of at least 4 members (excludes halogenated alkanes) is 1. The Morgan fingerprint density at radius 1 is 1.22 bits per heavy atom. The third kappa shape index (κ3) is 7.87. The summed E-state index contributed by atoms with van der Waals surface area (Å²) in [5.41, 5.74) is -0.509. The van der Waals surface area contributed by atoms with Crippen molar-refractivity contribution in [2.45, 2.75) is 39.3 Å². The van der Waals surface area contributed by atoms with E-state index in [-0.39, 0.29) is 23.5 Å². The summed E-state index contributed by atoms with van der Waals surface area (Å²) in [6, 6.07) is 7.98. The fourth-order valence-electron chi connectivity index (χ4n) is 3.51. The average Bonchev–Trinajstić information content (AvgIpc) is 2.85. The molecule has 13 heteroatoms. The molecule has 0 aliphatic rings. The second kappa shape index (κ2) is 13.0. The van der Waals surface area contributed by atoms with E-state index >= 15 is 0 Å². The molecule has 0 saturated heterocycles. The van der Waals surface area contributed by atoms with Crippen LogP contribution in [0.15, 0.2) is 42.5 Å². The first-order valence-corrected chi connectivity index (χ1v) is 13.4. The maximum absolute atomic E-state index is 14.4. The number of hydrogen-bond acceptors (Lipinski definition) is 7. The molecule has 37 heavy (non-hydrogen) atoms. The molecule has 0 radical (unpaired) electrons. The van der Waals surface area contributed by atoms with Crippen molar-refractivity contribution < 1.29 is 32.1 Å². The second-order valence-electron chi connectivity index (χ2n) is 8.32. The number of nitrogens with one attached hydrogen (secondary N) is 1. The first kappa shape index (κ1) is 29.5. The summed E-state index contributed by atoms with van der Waals surface area (Å²) in [5, 5.41) is 14.0. The van der Waals surface area contributed by atoms with Crippen LogP contribution in [0.2, 0.25) is 0 Å². The van der Waals surface area contributed by atoms with E-state index in [0.29, 0.717) is 17.3 Å². The third-order valence-electron chi connectivity index (χ3n) is 5.62. The predicted octanol–water partition coefficient (Wildman–Crippen LogP) is 2.84. The predicted molar refractivity (Wildman–Crippen MR) is 136 cm³/mol. The Labute approximate surface area is 215 Å². The van der Waals surface area contributed by atoms with E-state index < -0.39 is 50.9 Å². The van der Waals surface area contributed by atoms with Gasteiger partial charge in [0, 0.05) is 30.8 Å². The number of carbonyl (C=O) groups is 2. The Bertz CT molecular complexity index is 1240. The molecule has 0 aliphatic carbocycles. The summed E-state index contributed by atoms with van der Waals surface area (Å²) in [7, 11) is -2.91. The van der Waals surface area contributed by atoms with Gasteiger partial charge in [0.1, 0.15) is 29.8 Å². The molecule has 2 amide bonds. The molecule has 0 saturated carbocycles. The Kier molecular flexibility index (Phi) is 10.4. The SMILES string of the molecule is CCCCNC(=O)[C@H](C)N(Cc1ccccc1F)C(=O)CN(c1cc([N+](=O)[O-])ccc1OC)S(C)(=O)=O. The molecule has 202 valence electrons. The minimum absolute atomic E-state index is 0.0187. The minimum atomic E-state index is -4.16. The maximum atomic E-state index is 14.4. The van der Waals surface area contributed by atoms with E-state index in [0.717, 1.165) is 29.7 Å². The normalized spacial score (nSPS) is 11.9. The van der Waals surface area contributed by atoms with Crippen molar-refractivity contribution in [1.29, 1.82) is 0 Å². The largest absolute Gasteiger partial charge is 0.495 e. The van der Waals surface area contributed by atoms with Crippen molar-refractivity contribution in [2.24, 2.45) is 0 Å². The highest BCUT2D eigenvalue weighted by molar-refractivity contribution is 7.92. The number of non-ortho nitro benzene ring substituents is 1. The van der Waals surface area contributed by atoms with Gasteiger partial charge in [-0.05, 0) is 25.5 Å². The Hall–Kier alpha value is -3.74. The van der Waals surface area contributed by atoms with Crippen molar-refractivity contribution in [2.75, 3.05) is 30.8 Å². The zero-order valence-electron chi connectivity index (χ0n) is 21.1. The fraction of sp³-hybridized carbons (Fsp3) is 0.417. The van der Waals surface area contributed by atoms with E-state index in [4.69, 9.17) is 4.74 Å². The lowest BCUT2D eigenvalue weighted by Gasteiger charge is -2.31. The first-order chi connectivity index (χ1) is 17.4. The van der Waals surface area contributed by atoms with Gasteiger partial charge in [-0.2, -0.15) is 0 Å². The highest BCUT2D eigenvalue weighted by Crippen LogP contribution is 2.34. The molecule has 1 atom stereocenters. The van der Waals surface area contributed by atoms with Crippen LogP contribution in [-0.2, 0) is 26.2 Å². The number of nitro benzene ring substituents is 1. The monoisotopic (exact) mass is 538 g/mol. The van der Waals surface area contributed by atoms with Crippen molar-refractivity contribution in [3.63, 3.8) is 0 Å². The van der Waals surface area contributed by atoms with E-state index in [9.17, 15) is 32.5 Å². The number of halogens is 1. The van der Waals surface area contributed by atoms with Gasteiger partial charge in [-0.15, -0.1) is 0 Å². The lowest BCUT2D eigenvalue weighted by molar-refractivity contribution is -0.384. The topological polar surface area (TPSA) is 139 Å². The second-order valence-corrected chi connectivity index (χ2v) is 10.2. The van der Waals surface area contributed by atoms with E-state index in [1.165, 1.54) is 38.3 Å². The molecule has 2 aromatic carbocycles. The van der Waals surface area contributed by atoms with Crippen LogP contribution < -0.4 is 14.4 Å². The number of sulfonamides is 1. The number of benzene rings is 2. The summed E-state index contributed by atoms with van der Waals surface area (Å²) in [4.78, 5) is 38.0. The average molecular weight is 539 g/mol. The molecule has 1 N–H and O–H groups in total. The summed E-state index contributed by atoms with van der Waals surface area (Å²) in [6.07, 6.45) is 2.38. The molecule has 0 unspecified atom stereocenters. The number of amides is 2. The molecule has 0 aliphatic heterocycles. The van der Waals surface area contributed by atoms with Crippen LogP contribution in [0.3, 0.4) is 0 Å². The number of methoxy groups -OCH3 is 1. The van der Waals surface area contributed by atoms with Crippen LogP contribution in [0.5, 0.6) is 5.75 Å². The summed E-state index contributed by atoms with van der Waals surface area (Å²) >= 11 is 0. The van der Waals surface area contributed by atoms with E-state index in [1.54, 1.807) is 6.07 Å². The molecule has 0 fully saturated rings. The van der Waals surface area contributed by atoms with Gasteiger partial charge in [0.2, 0.25) is 21.8 Å². The minimum Gasteiger partial charge on any atom is -0.495 e. The summed E-state index contributed by atoms with van der Waals surface area (Å²) in [6.45, 7) is 2.67. The van der Waals surface area contributed by atoms with Crippen molar-refractivity contribution in [3.05, 3.63) is 64.0 Å². The van der Waals surface area contributed by atoms with Gasteiger partial charge in [-0.3, -0.25) is 24.0 Å². The molecule has 0 bridgehead atoms. The molecule has 0 heterocycles. The molecule has 2 aromatic rings. The van der Waals surface area contributed by atoms with Crippen molar-refractivity contribution in [1.82, 2.24) is 10.2 Å². The van der Waals surface area contributed by atoms with E-state index in [1.807, 2.05) is 6.92 Å². The Morgan fingerprint density at radius 3 is 2.46 bits per heavy atom. The summed E-state index contributed by atoms with van der Waals surface area (Å²) < 4.78 is 45.7. The molecule has 2 rings (SSSR count). The quantitative estimate of drug-likeness (QED) is 0.235. The third-order valence-corrected chi connectivity index (χ3v) is 6.74. The highest BCUT2D eigenvalue weighted by atomic mass is 32.2. The standard InChI is InChI=1S/C24H31FN4O7S/c1-5-6-13-26-24(31)17(2)27(15-18-9-7-8-10-20(18)25)23(30)16-28(37(4,34)35)21-14-19(29(32)33)11-12-22(21)36-3/h7-12,14,17H,5-6,13,15-16H2,1-4H3,(H,26,31)/t17-/m0/s1. The first-order valence-electron chi connectivity index (χ1n) is 11.5. The number of hydrogen-bond donors (Lipinski definition) is 1. The van der Waals surface area contributed by atoms with Crippen LogP contribution in [0, 0.1) is 15.9 Å². The highest BCUT2D eigenvalue weighted by Gasteiger charge is 2.32. The van der Waals surface area contributed by atoms with Crippen molar-refractivity contribution >= 4 is 33.2 Å². The smallest absolute Gasteiger partial charge is 0.271 e. The number of nitrogens with zero attached hydrogens (tertiary/aromatic N) is 3. The molecule has 0 spiro atoms. The Morgan fingerprint density at radius 2 is 1.89 bits per heavy atom. The fourth-order valence-corrected chi connectivity index (χ4v) is 4.36. The number of ether oxygens (including phenoxy) is 1. The van der Waals surface area contributed by atoms with Crippen LogP contribution in [0.4, 0.5) is 15.8 Å². The van der Waals surface area contributed by atoms with Crippen LogP contribution in [0.25, 0.3) is 0 Å². The maximum Gasteiger partial charge on any atom is 0.271 e. The molecule has 11 nitrogen and oxygen atoms in total. The van der Waals surface area contributed by atoms with Gasteiger partial charge in [0.25, 0.3) is 5.69 Å². The molecular formula is C24H31FN4O7S. The number of carbonyl (C=O) groups excluding carboxylic acids is 2. The van der Waals surface area contributed by atoms with Gasteiger partial charge < -0.3 is 15.0 Å². The van der Waals surface area contributed by atoms with Gasteiger partial charge in [0.15, 0.2) is 0 Å². The molecular weight excluding hydrogens is 507 g/mol. The zero-order valence-corrected chi connectivity index (χ0v) is 22.0. The lowest BCUT2D eigenvalue weighted by Crippen LogP contribution is -2.51. The lowest BCUT2D eigenvalue weighted by atomic mass is 10.1. The number of rotatable bonds is 13. The Balaban J connectivity index is 2.49. The van der Waals surface area contributed by atoms with Gasteiger partial charge in [0.05, 0.1) is 18.3 Å². The number of nitro groups is 1. The van der Waals surface area contributed by atoms with Gasteiger partial charge in [-0.1, -0.05) is 31.5 Å². The molecule has 0 aromatic heterocycles. The number of anilines is 1. The van der Waals surface area contributed by atoms with Crippen molar-refractivity contribution in [3.8, 4) is 5.75 Å². The van der Waals surface area contributed by atoms with Gasteiger partial charge in [-0.25, -0.2) is 12.8 Å². The zero-order chi connectivity index (χ0) is 27.8.